The number of hydrogen-bond donors (Lipinski definition) is 2. The molecule has 0 radical (unpaired) electrons. The maximum Gasteiger partial charge on any atom is 0.326 e. The van der Waals surface area contributed by atoms with Crippen LogP contribution in [0, 0.1) is 0 Å². The van der Waals surface area contributed by atoms with Gasteiger partial charge in [-0.2, -0.15) is 0 Å². The van der Waals surface area contributed by atoms with Gasteiger partial charge in [-0.05, 0) is 42.0 Å². The third kappa shape index (κ3) is 3.06. The smallest absolute Gasteiger partial charge is 0.326 e. The minimum atomic E-state index is -0.206. The lowest BCUT2D eigenvalue weighted by molar-refractivity contribution is 0.0714. The van der Waals surface area contributed by atoms with E-state index in [2.05, 4.69) is 23.2 Å². The second-order valence-corrected chi connectivity index (χ2v) is 7.16. The lowest BCUT2D eigenvalue weighted by Crippen LogP contribution is -2.38. The molecule has 3 N–H and O–H groups in total. The van der Waals surface area contributed by atoms with Crippen molar-refractivity contribution in [2.24, 2.45) is 12.8 Å². The Labute approximate surface area is 157 Å². The molecule has 1 fully saturated rings. The fourth-order valence-electron chi connectivity index (χ4n) is 4.11. The molecule has 2 heterocycles. The first kappa shape index (κ1) is 17.5. The quantitative estimate of drug-likeness (QED) is 0.748. The van der Waals surface area contributed by atoms with Gasteiger partial charge in [0.15, 0.2) is 0 Å². The number of para-hydroxylation sites is 1. The Balaban J connectivity index is 1.54. The normalized spacial score (nSPS) is 15.4. The van der Waals surface area contributed by atoms with E-state index in [0.717, 1.165) is 18.4 Å². The number of aromatic amines is 1. The molecule has 0 unspecified atom stereocenters. The van der Waals surface area contributed by atoms with Crippen molar-refractivity contribution >= 4 is 16.9 Å². The molecule has 27 heavy (non-hydrogen) atoms. The van der Waals surface area contributed by atoms with Crippen LogP contribution in [0.4, 0.5) is 0 Å². The Bertz CT molecular complexity index is 1040. The number of aryl methyl sites for hydroxylation is 1. The van der Waals surface area contributed by atoms with Gasteiger partial charge in [-0.25, -0.2) is 4.79 Å². The number of hydrogen-bond acceptors (Lipinski definition) is 3. The molecule has 0 spiro atoms. The number of amides is 1. The highest BCUT2D eigenvalue weighted by Crippen LogP contribution is 2.31. The van der Waals surface area contributed by atoms with Crippen molar-refractivity contribution < 1.29 is 4.79 Å². The number of likely N-dealkylation sites (tertiary alicyclic amines) is 1. The first-order chi connectivity index (χ1) is 13.1. The van der Waals surface area contributed by atoms with E-state index in [1.54, 1.807) is 13.1 Å². The summed E-state index contributed by atoms with van der Waals surface area (Å²) < 4.78 is 1.53. The number of benzene rings is 2. The van der Waals surface area contributed by atoms with Crippen LogP contribution in [0.25, 0.3) is 11.0 Å². The number of piperidine rings is 1. The van der Waals surface area contributed by atoms with E-state index in [-0.39, 0.29) is 11.6 Å². The fourth-order valence-corrected chi connectivity index (χ4v) is 4.11. The summed E-state index contributed by atoms with van der Waals surface area (Å²) in [5.74, 6) is 0.411. The highest BCUT2D eigenvalue weighted by molar-refractivity contribution is 6.04. The van der Waals surface area contributed by atoms with Crippen molar-refractivity contribution in [1.29, 1.82) is 0 Å². The van der Waals surface area contributed by atoms with E-state index < -0.39 is 0 Å². The molecule has 4 rings (SSSR count). The molecule has 0 bridgehead atoms. The summed E-state index contributed by atoms with van der Waals surface area (Å²) in [6.07, 6.45) is 1.84. The van der Waals surface area contributed by atoms with Gasteiger partial charge in [-0.3, -0.25) is 9.36 Å². The molecule has 140 valence electrons. The zero-order chi connectivity index (χ0) is 19.0. The molecule has 1 saturated heterocycles. The van der Waals surface area contributed by atoms with Gasteiger partial charge in [0.2, 0.25) is 0 Å². The molecule has 1 aliphatic rings. The zero-order valence-corrected chi connectivity index (χ0v) is 15.4. The molecule has 0 atom stereocenters. The average Bonchev–Trinajstić information content (AvgIpc) is 3.01. The summed E-state index contributed by atoms with van der Waals surface area (Å²) in [4.78, 5) is 29.7. The van der Waals surface area contributed by atoms with Gasteiger partial charge < -0.3 is 15.6 Å². The summed E-state index contributed by atoms with van der Waals surface area (Å²) in [7, 11) is 1.70. The Morgan fingerprint density at radius 2 is 1.89 bits per heavy atom. The monoisotopic (exact) mass is 364 g/mol. The minimum Gasteiger partial charge on any atom is -0.339 e. The number of carbonyl (C=O) groups is 1. The van der Waals surface area contributed by atoms with Crippen molar-refractivity contribution in [3.8, 4) is 0 Å². The van der Waals surface area contributed by atoms with Crippen LogP contribution < -0.4 is 11.4 Å². The summed E-state index contributed by atoms with van der Waals surface area (Å²) in [6, 6.07) is 13.8. The van der Waals surface area contributed by atoms with E-state index in [9.17, 15) is 9.59 Å². The van der Waals surface area contributed by atoms with E-state index in [1.165, 1.54) is 15.7 Å². The molecule has 1 amide bonds. The second-order valence-electron chi connectivity index (χ2n) is 7.16. The van der Waals surface area contributed by atoms with E-state index in [0.29, 0.717) is 36.6 Å². The van der Waals surface area contributed by atoms with Crippen LogP contribution in [0.5, 0.6) is 0 Å². The first-order valence-electron chi connectivity index (χ1n) is 9.35. The number of carbonyl (C=O) groups excluding carboxylic acids is 1. The summed E-state index contributed by atoms with van der Waals surface area (Å²) in [6.45, 7) is 1.95. The van der Waals surface area contributed by atoms with Crippen LogP contribution >= 0.6 is 0 Å². The molecule has 0 saturated carbocycles. The third-order valence-corrected chi connectivity index (χ3v) is 5.67. The standard InChI is InChI=1S/C21H24N4O2/c1-24-18-8-4-7-17(19(18)23-21(24)27)20(26)25-11-9-14(10-12-25)16-6-3-2-5-15(16)13-22/h2-8,14H,9-13,22H2,1H3,(H,23,27). The lowest BCUT2D eigenvalue weighted by Gasteiger charge is -2.33. The lowest BCUT2D eigenvalue weighted by atomic mass is 9.86. The van der Waals surface area contributed by atoms with E-state index in [1.807, 2.05) is 23.1 Å². The summed E-state index contributed by atoms with van der Waals surface area (Å²) >= 11 is 0. The van der Waals surface area contributed by atoms with Crippen LogP contribution in [0.2, 0.25) is 0 Å². The Morgan fingerprint density at radius 1 is 1.15 bits per heavy atom. The number of nitrogens with zero attached hydrogens (tertiary/aromatic N) is 2. The second kappa shape index (κ2) is 7.04. The topological polar surface area (TPSA) is 84.1 Å². The number of fused-ring (bicyclic) bond motifs is 1. The zero-order valence-electron chi connectivity index (χ0n) is 15.4. The Hall–Kier alpha value is -2.86. The molecule has 1 aromatic heterocycles. The number of imidazole rings is 1. The summed E-state index contributed by atoms with van der Waals surface area (Å²) in [5.41, 5.74) is 10.1. The molecule has 6 nitrogen and oxygen atoms in total. The van der Waals surface area contributed by atoms with E-state index >= 15 is 0 Å². The fraction of sp³-hybridized carbons (Fsp3) is 0.333. The highest BCUT2D eigenvalue weighted by atomic mass is 16.2. The van der Waals surface area contributed by atoms with Crippen LogP contribution in [0.1, 0.15) is 40.2 Å². The number of nitrogens with one attached hydrogen (secondary N) is 1. The summed E-state index contributed by atoms with van der Waals surface area (Å²) in [5, 5.41) is 0. The van der Waals surface area contributed by atoms with Crippen molar-refractivity contribution in [1.82, 2.24) is 14.5 Å². The van der Waals surface area contributed by atoms with Gasteiger partial charge in [-0.1, -0.05) is 30.3 Å². The van der Waals surface area contributed by atoms with Gasteiger partial charge in [0.05, 0.1) is 16.6 Å². The number of nitrogens with two attached hydrogens (primary N) is 1. The van der Waals surface area contributed by atoms with Gasteiger partial charge >= 0.3 is 5.69 Å². The maximum atomic E-state index is 13.1. The van der Waals surface area contributed by atoms with Crippen LogP contribution in [0.3, 0.4) is 0 Å². The van der Waals surface area contributed by atoms with Crippen molar-refractivity contribution in [3.05, 3.63) is 69.6 Å². The molecule has 6 heteroatoms. The first-order valence-corrected chi connectivity index (χ1v) is 9.35. The van der Waals surface area contributed by atoms with Gasteiger partial charge in [0, 0.05) is 26.7 Å². The average molecular weight is 364 g/mol. The highest BCUT2D eigenvalue weighted by Gasteiger charge is 2.27. The van der Waals surface area contributed by atoms with Crippen LogP contribution in [-0.2, 0) is 13.6 Å². The van der Waals surface area contributed by atoms with Gasteiger partial charge in [-0.15, -0.1) is 0 Å². The number of H-pyrrole nitrogens is 1. The SMILES string of the molecule is Cn1c(=O)[nH]c2c(C(=O)N3CCC(c4ccccc4CN)CC3)cccc21. The van der Waals surface area contributed by atoms with Crippen LogP contribution in [0.15, 0.2) is 47.3 Å². The predicted molar refractivity (Wildman–Crippen MR) is 106 cm³/mol. The van der Waals surface area contributed by atoms with Crippen LogP contribution in [-0.4, -0.2) is 33.4 Å². The Kier molecular flexibility index (Phi) is 4.58. The molecule has 3 aromatic rings. The maximum absolute atomic E-state index is 13.1. The van der Waals surface area contributed by atoms with E-state index in [4.69, 9.17) is 5.73 Å². The molecule has 2 aromatic carbocycles. The minimum absolute atomic E-state index is 0.0204. The van der Waals surface area contributed by atoms with Crippen molar-refractivity contribution in [2.75, 3.05) is 13.1 Å². The molecule has 1 aliphatic heterocycles. The molecular weight excluding hydrogens is 340 g/mol. The van der Waals surface area contributed by atoms with Crippen molar-refractivity contribution in [2.45, 2.75) is 25.3 Å². The van der Waals surface area contributed by atoms with Gasteiger partial charge in [0.1, 0.15) is 0 Å². The number of aromatic nitrogens is 2. The molecule has 0 aliphatic carbocycles. The molecular formula is C21H24N4O2. The number of rotatable bonds is 3. The van der Waals surface area contributed by atoms with Crippen molar-refractivity contribution in [3.63, 3.8) is 0 Å². The Morgan fingerprint density at radius 3 is 2.63 bits per heavy atom. The largest absolute Gasteiger partial charge is 0.339 e. The predicted octanol–water partition coefficient (Wildman–Crippen LogP) is 2.35. The third-order valence-electron chi connectivity index (χ3n) is 5.67. The van der Waals surface area contributed by atoms with Gasteiger partial charge in [0.25, 0.3) is 5.91 Å².